The summed E-state index contributed by atoms with van der Waals surface area (Å²) in [5.74, 6) is 0. The molecule has 46 heavy (non-hydrogen) atoms. The number of hydrogen-bond acceptors (Lipinski definition) is 6. The van der Waals surface area contributed by atoms with Gasteiger partial charge in [0.1, 0.15) is 0 Å². The van der Waals surface area contributed by atoms with Crippen LogP contribution < -0.4 is 9.80 Å². The molecule has 10 rings (SSSR count). The highest BCUT2D eigenvalue weighted by Crippen LogP contribution is 2.53. The van der Waals surface area contributed by atoms with Crippen LogP contribution in [0.4, 0.5) is 34.1 Å². The summed E-state index contributed by atoms with van der Waals surface area (Å²) in [5.41, 5.74) is 8.84. The molecule has 1 aromatic heterocycles. The first-order valence-electron chi connectivity index (χ1n) is 15.2. The minimum absolute atomic E-state index is 0.921. The summed E-state index contributed by atoms with van der Waals surface area (Å²) >= 11 is 3.66. The first kappa shape index (κ1) is 26.0. The molecule has 0 aliphatic carbocycles. The van der Waals surface area contributed by atoms with E-state index in [0.717, 1.165) is 44.0 Å². The fourth-order valence-corrected chi connectivity index (χ4v) is 9.02. The number of benzene rings is 7. The highest BCUT2D eigenvalue weighted by Gasteiger charge is 2.27. The Hall–Kier alpha value is -5.30. The first-order valence-corrected chi connectivity index (χ1v) is 16.9. The van der Waals surface area contributed by atoms with Gasteiger partial charge < -0.3 is 9.80 Å². The van der Waals surface area contributed by atoms with Gasteiger partial charge in [0.15, 0.2) is 0 Å². The molecule has 0 saturated carbocycles. The molecule has 0 N–H and O–H groups in total. The second kappa shape index (κ2) is 10.1. The largest absolute Gasteiger partial charge is 0.308 e. The summed E-state index contributed by atoms with van der Waals surface area (Å²) in [6.45, 7) is 0. The van der Waals surface area contributed by atoms with Gasteiger partial charge in [-0.3, -0.25) is 9.97 Å². The van der Waals surface area contributed by atoms with Crippen LogP contribution in [0, 0.1) is 0 Å². The van der Waals surface area contributed by atoms with Gasteiger partial charge in [0.05, 0.1) is 33.8 Å². The van der Waals surface area contributed by atoms with Crippen LogP contribution in [-0.4, -0.2) is 9.97 Å². The third-order valence-electron chi connectivity index (χ3n) is 8.89. The molecule has 3 heterocycles. The van der Waals surface area contributed by atoms with E-state index in [4.69, 9.17) is 9.97 Å². The van der Waals surface area contributed by atoms with Gasteiger partial charge in [0.25, 0.3) is 0 Å². The van der Waals surface area contributed by atoms with E-state index in [1.165, 1.54) is 42.3 Å². The lowest BCUT2D eigenvalue weighted by Crippen LogP contribution is -2.15. The molecule has 0 saturated heterocycles. The standard InChI is InChI=1S/C40H24N4S2/c1-5-13-35-31(9-1)43(32-10-2-6-14-36(32)45-35)25-17-19-27-29(23-25)30-24-26(18-20-28(30)40-39(27)41-21-22-42-40)44-33-11-3-7-15-37(33)46-38-16-8-4-12-34(38)44/h1-24H. The number of anilines is 6. The predicted molar refractivity (Wildman–Crippen MR) is 192 cm³/mol. The zero-order chi connectivity index (χ0) is 30.2. The van der Waals surface area contributed by atoms with E-state index in [1.807, 2.05) is 23.5 Å². The maximum Gasteiger partial charge on any atom is 0.0971 e. The Labute approximate surface area is 274 Å². The zero-order valence-electron chi connectivity index (χ0n) is 24.5. The SMILES string of the molecule is c1ccc2c(c1)Sc1ccccc1N2c1ccc2c(c1)c1cc(N3c4ccccc4Sc4ccccc43)ccc1c1nccnc21. The lowest BCUT2D eigenvalue weighted by Gasteiger charge is -2.33. The van der Waals surface area contributed by atoms with Gasteiger partial charge in [-0.2, -0.15) is 0 Å². The summed E-state index contributed by atoms with van der Waals surface area (Å²) in [4.78, 5) is 19.5. The lowest BCUT2D eigenvalue weighted by atomic mass is 9.97. The van der Waals surface area contributed by atoms with Crippen molar-refractivity contribution in [1.82, 2.24) is 9.97 Å². The molecular formula is C40H24N4S2. The molecule has 4 nitrogen and oxygen atoms in total. The molecule has 8 aromatic rings. The second-order valence-corrected chi connectivity index (χ2v) is 13.6. The lowest BCUT2D eigenvalue weighted by molar-refractivity contribution is 1.17. The molecule has 0 bridgehead atoms. The van der Waals surface area contributed by atoms with Gasteiger partial charge in [-0.25, -0.2) is 0 Å². The summed E-state index contributed by atoms with van der Waals surface area (Å²) in [5, 5.41) is 4.51. The Morgan fingerprint density at radius 2 is 0.717 bits per heavy atom. The van der Waals surface area contributed by atoms with Crippen molar-refractivity contribution in [2.24, 2.45) is 0 Å². The third-order valence-corrected chi connectivity index (χ3v) is 11.1. The average Bonchev–Trinajstić information content (AvgIpc) is 3.12. The summed E-state index contributed by atoms with van der Waals surface area (Å²) in [7, 11) is 0. The molecule has 0 radical (unpaired) electrons. The molecule has 7 aromatic carbocycles. The molecule has 6 heteroatoms. The van der Waals surface area contributed by atoms with E-state index in [0.29, 0.717) is 0 Å². The van der Waals surface area contributed by atoms with E-state index in [2.05, 4.69) is 143 Å². The van der Waals surface area contributed by atoms with Crippen LogP contribution in [0.5, 0.6) is 0 Å². The van der Waals surface area contributed by atoms with Crippen LogP contribution in [0.3, 0.4) is 0 Å². The Kier molecular flexibility index (Phi) is 5.71. The Morgan fingerprint density at radius 1 is 0.370 bits per heavy atom. The van der Waals surface area contributed by atoms with Gasteiger partial charge in [0, 0.05) is 54.1 Å². The molecule has 0 spiro atoms. The van der Waals surface area contributed by atoms with Crippen molar-refractivity contribution >= 4 is 90.2 Å². The monoisotopic (exact) mass is 624 g/mol. The van der Waals surface area contributed by atoms with Crippen LogP contribution in [-0.2, 0) is 0 Å². The Bertz CT molecular complexity index is 2260. The molecule has 0 fully saturated rings. The van der Waals surface area contributed by atoms with Crippen molar-refractivity contribution < 1.29 is 0 Å². The van der Waals surface area contributed by atoms with Gasteiger partial charge in [0.2, 0.25) is 0 Å². The number of rotatable bonds is 2. The molecule has 0 unspecified atom stereocenters. The van der Waals surface area contributed by atoms with Crippen LogP contribution in [0.15, 0.2) is 165 Å². The van der Waals surface area contributed by atoms with E-state index >= 15 is 0 Å². The average molecular weight is 625 g/mol. The number of para-hydroxylation sites is 4. The van der Waals surface area contributed by atoms with Gasteiger partial charge in [-0.15, -0.1) is 0 Å². The van der Waals surface area contributed by atoms with Crippen molar-refractivity contribution in [3.05, 3.63) is 146 Å². The van der Waals surface area contributed by atoms with E-state index in [-0.39, 0.29) is 0 Å². The maximum atomic E-state index is 4.85. The molecule has 216 valence electrons. The van der Waals surface area contributed by atoms with Crippen molar-refractivity contribution in [3.8, 4) is 0 Å². The van der Waals surface area contributed by atoms with Gasteiger partial charge in [-0.1, -0.05) is 84.2 Å². The minimum Gasteiger partial charge on any atom is -0.308 e. The maximum absolute atomic E-state index is 4.85. The molecule has 0 amide bonds. The Balaban J connectivity index is 1.26. The summed E-state index contributed by atoms with van der Waals surface area (Å²) in [6, 6.07) is 48.3. The Morgan fingerprint density at radius 3 is 1.09 bits per heavy atom. The predicted octanol–water partition coefficient (Wildman–Crippen LogP) is 11.8. The van der Waals surface area contributed by atoms with E-state index < -0.39 is 0 Å². The van der Waals surface area contributed by atoms with Crippen molar-refractivity contribution in [1.29, 1.82) is 0 Å². The fraction of sp³-hybridized carbons (Fsp3) is 0. The van der Waals surface area contributed by atoms with Crippen molar-refractivity contribution in [2.45, 2.75) is 19.6 Å². The summed E-state index contributed by atoms with van der Waals surface area (Å²) in [6.07, 6.45) is 3.59. The quantitative estimate of drug-likeness (QED) is 0.178. The highest BCUT2D eigenvalue weighted by atomic mass is 32.2. The van der Waals surface area contributed by atoms with Gasteiger partial charge in [-0.05, 0) is 83.6 Å². The topological polar surface area (TPSA) is 32.3 Å². The van der Waals surface area contributed by atoms with E-state index in [9.17, 15) is 0 Å². The molecule has 2 aliphatic heterocycles. The summed E-state index contributed by atoms with van der Waals surface area (Å²) < 4.78 is 0. The van der Waals surface area contributed by atoms with Crippen molar-refractivity contribution in [3.63, 3.8) is 0 Å². The highest BCUT2D eigenvalue weighted by molar-refractivity contribution is 8.00. The van der Waals surface area contributed by atoms with E-state index in [1.54, 1.807) is 12.4 Å². The van der Waals surface area contributed by atoms with Crippen molar-refractivity contribution in [2.75, 3.05) is 9.80 Å². The first-order chi connectivity index (χ1) is 22.8. The zero-order valence-corrected chi connectivity index (χ0v) is 26.1. The van der Waals surface area contributed by atoms with Crippen LogP contribution in [0.25, 0.3) is 32.6 Å². The van der Waals surface area contributed by atoms with Crippen LogP contribution >= 0.6 is 23.5 Å². The van der Waals surface area contributed by atoms with Crippen LogP contribution in [0.1, 0.15) is 0 Å². The second-order valence-electron chi connectivity index (χ2n) is 11.5. The smallest absolute Gasteiger partial charge is 0.0971 e. The van der Waals surface area contributed by atoms with Gasteiger partial charge >= 0.3 is 0 Å². The third kappa shape index (κ3) is 3.84. The number of hydrogen-bond donors (Lipinski definition) is 0. The molecule has 2 aliphatic rings. The molecule has 0 atom stereocenters. The normalized spacial score (nSPS) is 13.4. The number of fused-ring (bicyclic) bond motifs is 10. The molecular weight excluding hydrogens is 601 g/mol. The fourth-order valence-electron chi connectivity index (χ4n) is 6.90. The number of aromatic nitrogens is 2. The number of nitrogens with zero attached hydrogens (tertiary/aromatic N) is 4. The van der Waals surface area contributed by atoms with Crippen LogP contribution in [0.2, 0.25) is 0 Å². The minimum atomic E-state index is 0.921.